The molecule has 0 fully saturated rings. The van der Waals surface area contributed by atoms with Gasteiger partial charge in [-0.2, -0.15) is 13.2 Å². The van der Waals surface area contributed by atoms with Crippen molar-refractivity contribution >= 4 is 23.4 Å². The highest BCUT2D eigenvalue weighted by molar-refractivity contribution is 6.04. The first-order valence-electron chi connectivity index (χ1n) is 8.62. The lowest BCUT2D eigenvalue weighted by Crippen LogP contribution is -2.27. The van der Waals surface area contributed by atoms with Gasteiger partial charge in [0, 0.05) is 23.0 Å². The van der Waals surface area contributed by atoms with Gasteiger partial charge in [0.1, 0.15) is 11.4 Å². The SMILES string of the molecule is CC(C)(C)OC(=O)Nc1ccc(C(=O)Nc2cccc(OCC(F)(F)F)c2)cc1. The number of alkyl halides is 3. The monoisotopic (exact) mass is 410 g/mol. The first-order valence-corrected chi connectivity index (χ1v) is 8.62. The van der Waals surface area contributed by atoms with Crippen molar-refractivity contribution < 1.29 is 32.2 Å². The standard InChI is InChI=1S/C20H21F3N2O4/c1-19(2,3)29-18(27)25-14-9-7-13(8-10-14)17(26)24-15-5-4-6-16(11-15)28-12-20(21,22)23/h4-11H,12H2,1-3H3,(H,24,26)(H,25,27). The van der Waals surface area contributed by atoms with Crippen molar-refractivity contribution in [3.63, 3.8) is 0 Å². The molecule has 2 amide bonds. The first kappa shape index (κ1) is 22.1. The van der Waals surface area contributed by atoms with Crippen LogP contribution in [0.15, 0.2) is 48.5 Å². The van der Waals surface area contributed by atoms with E-state index in [1.165, 1.54) is 48.5 Å². The quantitative estimate of drug-likeness (QED) is 0.708. The third-order valence-electron chi connectivity index (χ3n) is 3.29. The van der Waals surface area contributed by atoms with Crippen LogP contribution in [0.3, 0.4) is 0 Å². The fraction of sp³-hybridized carbons (Fsp3) is 0.300. The maximum Gasteiger partial charge on any atom is 0.422 e. The molecule has 0 saturated heterocycles. The zero-order chi connectivity index (χ0) is 21.7. The number of ether oxygens (including phenoxy) is 2. The summed E-state index contributed by atoms with van der Waals surface area (Å²) in [5, 5.41) is 5.12. The van der Waals surface area contributed by atoms with Crippen molar-refractivity contribution in [2.24, 2.45) is 0 Å². The summed E-state index contributed by atoms with van der Waals surface area (Å²) >= 11 is 0. The van der Waals surface area contributed by atoms with Crippen LogP contribution >= 0.6 is 0 Å². The minimum atomic E-state index is -4.45. The Hall–Kier alpha value is -3.23. The van der Waals surface area contributed by atoms with Gasteiger partial charge in [-0.05, 0) is 57.2 Å². The van der Waals surface area contributed by atoms with Crippen LogP contribution in [0.4, 0.5) is 29.3 Å². The Labute approximate surface area is 166 Å². The maximum absolute atomic E-state index is 12.3. The molecule has 0 heterocycles. The Balaban J connectivity index is 1.96. The third-order valence-corrected chi connectivity index (χ3v) is 3.29. The van der Waals surface area contributed by atoms with E-state index in [0.717, 1.165) is 0 Å². The number of hydrogen-bond acceptors (Lipinski definition) is 4. The fourth-order valence-corrected chi connectivity index (χ4v) is 2.16. The van der Waals surface area contributed by atoms with Crippen molar-refractivity contribution in [1.82, 2.24) is 0 Å². The van der Waals surface area contributed by atoms with Gasteiger partial charge >= 0.3 is 12.3 Å². The lowest BCUT2D eigenvalue weighted by Gasteiger charge is -2.19. The zero-order valence-electron chi connectivity index (χ0n) is 16.1. The van der Waals surface area contributed by atoms with E-state index in [0.29, 0.717) is 11.3 Å². The fourth-order valence-electron chi connectivity index (χ4n) is 2.16. The van der Waals surface area contributed by atoms with Gasteiger partial charge in [0.2, 0.25) is 0 Å². The molecule has 2 aromatic carbocycles. The number of carbonyl (C=O) groups is 2. The van der Waals surface area contributed by atoms with Crippen molar-refractivity contribution in [2.75, 3.05) is 17.2 Å². The Morgan fingerprint density at radius 1 is 0.931 bits per heavy atom. The van der Waals surface area contributed by atoms with Gasteiger partial charge in [-0.3, -0.25) is 10.1 Å². The topological polar surface area (TPSA) is 76.7 Å². The normalized spacial score (nSPS) is 11.5. The van der Waals surface area contributed by atoms with E-state index in [-0.39, 0.29) is 11.4 Å². The number of hydrogen-bond donors (Lipinski definition) is 2. The van der Waals surface area contributed by atoms with Gasteiger partial charge in [0.05, 0.1) is 0 Å². The summed E-state index contributed by atoms with van der Waals surface area (Å²) in [6.07, 6.45) is -5.07. The minimum absolute atomic E-state index is 0.0166. The number of benzene rings is 2. The number of rotatable bonds is 5. The van der Waals surface area contributed by atoms with Gasteiger partial charge in [0.15, 0.2) is 6.61 Å². The minimum Gasteiger partial charge on any atom is -0.484 e. The van der Waals surface area contributed by atoms with E-state index in [1.807, 2.05) is 0 Å². The zero-order valence-corrected chi connectivity index (χ0v) is 16.1. The highest BCUT2D eigenvalue weighted by Gasteiger charge is 2.28. The number of nitrogens with one attached hydrogen (secondary N) is 2. The van der Waals surface area contributed by atoms with Crippen LogP contribution in [0.5, 0.6) is 5.75 Å². The summed E-state index contributed by atoms with van der Waals surface area (Å²) in [6, 6.07) is 11.7. The molecule has 2 rings (SSSR count). The van der Waals surface area contributed by atoms with E-state index in [4.69, 9.17) is 4.74 Å². The molecule has 6 nitrogen and oxygen atoms in total. The van der Waals surface area contributed by atoms with E-state index < -0.39 is 30.4 Å². The number of halogens is 3. The molecular formula is C20H21F3N2O4. The van der Waals surface area contributed by atoms with E-state index in [9.17, 15) is 22.8 Å². The van der Waals surface area contributed by atoms with Crippen LogP contribution in [-0.2, 0) is 4.74 Å². The average molecular weight is 410 g/mol. The highest BCUT2D eigenvalue weighted by atomic mass is 19.4. The molecule has 0 bridgehead atoms. The van der Waals surface area contributed by atoms with E-state index in [2.05, 4.69) is 15.4 Å². The Morgan fingerprint density at radius 3 is 2.17 bits per heavy atom. The molecule has 0 unspecified atom stereocenters. The highest BCUT2D eigenvalue weighted by Crippen LogP contribution is 2.22. The van der Waals surface area contributed by atoms with Crippen molar-refractivity contribution in [2.45, 2.75) is 32.5 Å². The largest absolute Gasteiger partial charge is 0.484 e. The summed E-state index contributed by atoms with van der Waals surface area (Å²) < 4.78 is 46.5. The van der Waals surface area contributed by atoms with Crippen molar-refractivity contribution in [1.29, 1.82) is 0 Å². The van der Waals surface area contributed by atoms with E-state index >= 15 is 0 Å². The van der Waals surface area contributed by atoms with Gasteiger partial charge in [-0.25, -0.2) is 4.79 Å². The molecule has 2 N–H and O–H groups in total. The summed E-state index contributed by atoms with van der Waals surface area (Å²) in [5.74, 6) is -0.487. The molecule has 29 heavy (non-hydrogen) atoms. The lowest BCUT2D eigenvalue weighted by atomic mass is 10.2. The molecule has 0 saturated carbocycles. The van der Waals surface area contributed by atoms with Gasteiger partial charge < -0.3 is 14.8 Å². The molecule has 0 atom stereocenters. The molecule has 156 valence electrons. The number of amides is 2. The lowest BCUT2D eigenvalue weighted by molar-refractivity contribution is -0.153. The predicted octanol–water partition coefficient (Wildman–Crippen LogP) is 5.23. The second kappa shape index (κ2) is 8.85. The third kappa shape index (κ3) is 8.12. The van der Waals surface area contributed by atoms with Crippen molar-refractivity contribution in [3.8, 4) is 5.75 Å². The molecule has 2 aromatic rings. The second-order valence-corrected chi connectivity index (χ2v) is 7.09. The summed E-state index contributed by atoms with van der Waals surface area (Å²) in [7, 11) is 0. The van der Waals surface area contributed by atoms with E-state index in [1.54, 1.807) is 20.8 Å². The van der Waals surface area contributed by atoms with Crippen LogP contribution in [0.1, 0.15) is 31.1 Å². The number of anilines is 2. The average Bonchev–Trinajstić information content (AvgIpc) is 2.58. The Morgan fingerprint density at radius 2 is 1.59 bits per heavy atom. The van der Waals surface area contributed by atoms with Gasteiger partial charge in [0.25, 0.3) is 5.91 Å². The van der Waals surface area contributed by atoms with Gasteiger partial charge in [-0.1, -0.05) is 6.07 Å². The smallest absolute Gasteiger partial charge is 0.422 e. The van der Waals surface area contributed by atoms with Crippen molar-refractivity contribution in [3.05, 3.63) is 54.1 Å². The van der Waals surface area contributed by atoms with Gasteiger partial charge in [-0.15, -0.1) is 0 Å². The van der Waals surface area contributed by atoms with Crippen LogP contribution < -0.4 is 15.4 Å². The molecule has 0 aliphatic carbocycles. The predicted molar refractivity (Wildman–Crippen MR) is 102 cm³/mol. The molecule has 9 heteroatoms. The molecule has 0 aromatic heterocycles. The molecular weight excluding hydrogens is 389 g/mol. The summed E-state index contributed by atoms with van der Waals surface area (Å²) in [5.41, 5.74) is 0.382. The summed E-state index contributed by atoms with van der Waals surface area (Å²) in [6.45, 7) is 3.80. The molecule has 0 radical (unpaired) electrons. The van der Waals surface area contributed by atoms with Crippen LogP contribution in [-0.4, -0.2) is 30.4 Å². The summed E-state index contributed by atoms with van der Waals surface area (Å²) in [4.78, 5) is 24.1. The first-order chi connectivity index (χ1) is 13.4. The molecule has 0 aliphatic heterocycles. The number of carbonyl (C=O) groups excluding carboxylic acids is 2. The Kier molecular flexibility index (Phi) is 6.73. The Bertz CT molecular complexity index is 859. The van der Waals surface area contributed by atoms with Crippen LogP contribution in [0.2, 0.25) is 0 Å². The molecule has 0 aliphatic rings. The van der Waals surface area contributed by atoms with Crippen LogP contribution in [0, 0.1) is 0 Å². The van der Waals surface area contributed by atoms with Crippen LogP contribution in [0.25, 0.3) is 0 Å². The molecule has 0 spiro atoms. The second-order valence-electron chi connectivity index (χ2n) is 7.09. The maximum atomic E-state index is 12.3.